The van der Waals surface area contributed by atoms with E-state index in [-0.39, 0.29) is 21.7 Å². The molecule has 0 aliphatic carbocycles. The van der Waals surface area contributed by atoms with Gasteiger partial charge in [0.15, 0.2) is 0 Å². The van der Waals surface area contributed by atoms with E-state index < -0.39 is 11.9 Å². The quantitative estimate of drug-likeness (QED) is 0.407. The molecule has 0 atom stereocenters. The van der Waals surface area contributed by atoms with Gasteiger partial charge in [0.2, 0.25) is 0 Å². The van der Waals surface area contributed by atoms with Gasteiger partial charge in [0.05, 0.1) is 0 Å². The summed E-state index contributed by atoms with van der Waals surface area (Å²) in [6.45, 7) is 0. The van der Waals surface area contributed by atoms with Gasteiger partial charge in [-0.05, 0) is 0 Å². The molecule has 5 heteroatoms. The summed E-state index contributed by atoms with van der Waals surface area (Å²) in [6, 6.07) is 24.0. The number of carboxylic acids is 2. The number of hydrogen-bond acceptors (Lipinski definition) is 2. The summed E-state index contributed by atoms with van der Waals surface area (Å²) in [5, 5.41) is 14.8. The molecule has 0 spiro atoms. The van der Waals surface area contributed by atoms with Gasteiger partial charge in [0, 0.05) is 21.7 Å². The molecule has 0 radical (unpaired) electrons. The van der Waals surface area contributed by atoms with Crippen LogP contribution in [-0.2, 0) is 31.3 Å². The maximum atomic E-state index is 9.10. The predicted octanol–water partition coefficient (Wildman–Crippen LogP) is 0.366. The van der Waals surface area contributed by atoms with Gasteiger partial charge in [0.1, 0.15) is 0 Å². The van der Waals surface area contributed by atoms with Crippen LogP contribution in [0.1, 0.15) is 0 Å². The van der Waals surface area contributed by atoms with Crippen LogP contribution in [0.3, 0.4) is 0 Å². The summed E-state index contributed by atoms with van der Waals surface area (Å²) in [6.07, 6.45) is 0. The zero-order valence-electron chi connectivity index (χ0n) is 8.37. The summed E-state index contributed by atoms with van der Waals surface area (Å²) in [4.78, 5) is 18.2. The van der Waals surface area contributed by atoms with Gasteiger partial charge in [-0.15, -0.1) is 0 Å². The van der Waals surface area contributed by atoms with Crippen LogP contribution in [0.4, 0.5) is 0 Å². The molecule has 2 aromatic rings. The molecule has 0 amide bonds. The van der Waals surface area contributed by atoms with Crippen LogP contribution < -0.4 is 0 Å². The second kappa shape index (κ2) is 12.4. The number of carbonyl (C=O) groups is 2. The molecule has 0 fully saturated rings. The van der Waals surface area contributed by atoms with Crippen LogP contribution >= 0.6 is 0 Å². The molecular formula is C12H4O4Ti-10. The standard InChI is InChI=1S/2C5H.C2H2O4.Ti/c2*1-2-4-5-3-1;3-1(4)2(5)6;/h2*1H;(H,3,4)(H,5,6);/q2*-5;;. The summed E-state index contributed by atoms with van der Waals surface area (Å²) < 4.78 is 0. The average Bonchev–Trinajstić information content (AvgIpc) is 2.97. The van der Waals surface area contributed by atoms with Crippen molar-refractivity contribution in [3.8, 4) is 0 Å². The molecule has 17 heavy (non-hydrogen) atoms. The second-order valence-electron chi connectivity index (χ2n) is 1.98. The fourth-order valence-corrected chi connectivity index (χ4v) is 0.361. The second-order valence-corrected chi connectivity index (χ2v) is 1.98. The Balaban J connectivity index is 0. The summed E-state index contributed by atoms with van der Waals surface area (Å²) in [5.41, 5.74) is 0. The molecule has 0 aliphatic heterocycles. The van der Waals surface area contributed by atoms with Crippen molar-refractivity contribution in [1.29, 1.82) is 0 Å². The molecule has 90 valence electrons. The van der Waals surface area contributed by atoms with Crippen molar-refractivity contribution in [2.45, 2.75) is 0 Å². The Labute approximate surface area is 114 Å². The van der Waals surface area contributed by atoms with Crippen molar-refractivity contribution in [1.82, 2.24) is 0 Å². The van der Waals surface area contributed by atoms with E-state index in [1.54, 1.807) is 12.1 Å². The molecule has 0 unspecified atom stereocenters. The van der Waals surface area contributed by atoms with Gasteiger partial charge in [-0.2, -0.15) is 0 Å². The summed E-state index contributed by atoms with van der Waals surface area (Å²) >= 11 is 0. The largest absolute Gasteiger partial charge is 0.999 e. The Kier molecular flexibility index (Phi) is 13.0. The topological polar surface area (TPSA) is 74.6 Å². The molecular weight excluding hydrogens is 256 g/mol. The Morgan fingerprint density at radius 3 is 1.00 bits per heavy atom. The molecule has 2 rings (SSSR count). The van der Waals surface area contributed by atoms with Gasteiger partial charge < -0.3 is 70.9 Å². The third-order valence-corrected chi connectivity index (χ3v) is 0.885. The maximum Gasteiger partial charge on any atom is 0.414 e. The molecule has 0 bridgehead atoms. The molecule has 0 saturated carbocycles. The first-order chi connectivity index (χ1) is 7.64. The van der Waals surface area contributed by atoms with Crippen LogP contribution in [0, 0.1) is 48.5 Å². The molecule has 0 saturated heterocycles. The third-order valence-electron chi connectivity index (χ3n) is 0.885. The Morgan fingerprint density at radius 1 is 0.706 bits per heavy atom. The Hall–Kier alpha value is -1.65. The Morgan fingerprint density at radius 2 is 0.941 bits per heavy atom. The van der Waals surface area contributed by atoms with Crippen LogP contribution in [-0.4, -0.2) is 22.2 Å². The SMILES string of the molecule is O=C(O)C(=O)O.[Ti].[c-]1[c-][c-][cH-][c-]1.[c-]1[c-][c-][cH-][c-]1. The van der Waals surface area contributed by atoms with Gasteiger partial charge in [0.25, 0.3) is 0 Å². The van der Waals surface area contributed by atoms with E-state index in [1.807, 2.05) is 0 Å². The van der Waals surface area contributed by atoms with E-state index in [2.05, 4.69) is 48.5 Å². The van der Waals surface area contributed by atoms with Crippen molar-refractivity contribution in [3.63, 3.8) is 0 Å². The Bertz CT molecular complexity index is 292. The first-order valence-electron chi connectivity index (χ1n) is 3.76. The monoisotopic (exact) mass is 260 g/mol. The minimum Gasteiger partial charge on any atom is -0.999 e. The number of aliphatic carboxylic acids is 2. The summed E-state index contributed by atoms with van der Waals surface area (Å²) in [5.74, 6) is -3.65. The van der Waals surface area contributed by atoms with E-state index in [1.165, 1.54) is 0 Å². The van der Waals surface area contributed by atoms with E-state index in [0.29, 0.717) is 0 Å². The number of hydrogen-bond donors (Lipinski definition) is 2. The molecule has 0 aliphatic rings. The zero-order valence-corrected chi connectivity index (χ0v) is 9.93. The van der Waals surface area contributed by atoms with Crippen LogP contribution in [0.15, 0.2) is 12.1 Å². The van der Waals surface area contributed by atoms with E-state index in [0.717, 1.165) is 0 Å². The fraction of sp³-hybridized carbons (Fsp3) is 0. The number of rotatable bonds is 0. The first-order valence-corrected chi connectivity index (χ1v) is 3.76. The van der Waals surface area contributed by atoms with E-state index in [4.69, 9.17) is 19.8 Å². The molecule has 2 N–H and O–H groups in total. The van der Waals surface area contributed by atoms with Crippen molar-refractivity contribution in [3.05, 3.63) is 60.7 Å². The first kappa shape index (κ1) is 17.7. The smallest absolute Gasteiger partial charge is 0.414 e. The van der Waals surface area contributed by atoms with Gasteiger partial charge in [-0.1, -0.05) is 0 Å². The van der Waals surface area contributed by atoms with Gasteiger partial charge in [-0.3, -0.25) is 0 Å². The molecule has 0 heterocycles. The van der Waals surface area contributed by atoms with Crippen molar-refractivity contribution in [2.75, 3.05) is 0 Å². The maximum absolute atomic E-state index is 9.10. The van der Waals surface area contributed by atoms with Crippen molar-refractivity contribution in [2.24, 2.45) is 0 Å². The van der Waals surface area contributed by atoms with Crippen molar-refractivity contribution >= 4 is 11.9 Å². The van der Waals surface area contributed by atoms with Gasteiger partial charge >= 0.3 is 11.9 Å². The van der Waals surface area contributed by atoms with Crippen LogP contribution in [0.2, 0.25) is 0 Å². The van der Waals surface area contributed by atoms with Crippen LogP contribution in [0.5, 0.6) is 0 Å². The normalized spacial score (nSPS) is 7.29. The van der Waals surface area contributed by atoms with Crippen LogP contribution in [0.25, 0.3) is 0 Å². The van der Waals surface area contributed by atoms with Gasteiger partial charge in [-0.25, -0.2) is 9.59 Å². The number of carboxylic acid groups (broad SMARTS) is 2. The van der Waals surface area contributed by atoms with E-state index >= 15 is 0 Å². The predicted molar refractivity (Wildman–Crippen MR) is 50.0 cm³/mol. The van der Waals surface area contributed by atoms with E-state index in [9.17, 15) is 0 Å². The molecule has 2 aromatic carbocycles. The average molecular weight is 260 g/mol. The zero-order chi connectivity index (χ0) is 12.2. The fourth-order valence-electron chi connectivity index (χ4n) is 0.361. The summed E-state index contributed by atoms with van der Waals surface area (Å²) in [7, 11) is 0. The molecule has 0 aromatic heterocycles. The minimum absolute atomic E-state index is 0. The minimum atomic E-state index is -1.82. The molecule has 4 nitrogen and oxygen atoms in total. The third kappa shape index (κ3) is 14.4. The van der Waals surface area contributed by atoms with Crippen molar-refractivity contribution < 1.29 is 41.5 Å².